The van der Waals surface area contributed by atoms with Gasteiger partial charge in [-0.3, -0.25) is 0 Å². The molecule has 1 N–H and O–H groups in total. The van der Waals surface area contributed by atoms with Crippen LogP contribution < -0.4 is 5.32 Å². The molecule has 2 nitrogen and oxygen atoms in total. The maximum atomic E-state index is 5.50. The van der Waals surface area contributed by atoms with Gasteiger partial charge in [0.25, 0.3) is 0 Å². The fourth-order valence-electron chi connectivity index (χ4n) is 3.06. The summed E-state index contributed by atoms with van der Waals surface area (Å²) in [5.41, 5.74) is 0. The van der Waals surface area contributed by atoms with Crippen molar-refractivity contribution >= 4 is 0 Å². The van der Waals surface area contributed by atoms with Crippen molar-refractivity contribution in [2.75, 3.05) is 7.11 Å². The summed E-state index contributed by atoms with van der Waals surface area (Å²) < 4.78 is 5.50. The van der Waals surface area contributed by atoms with E-state index in [-0.39, 0.29) is 0 Å². The lowest BCUT2D eigenvalue weighted by molar-refractivity contribution is 0.0813. The highest BCUT2D eigenvalue weighted by molar-refractivity contribution is 4.89. The molecule has 0 radical (unpaired) electrons. The first kappa shape index (κ1) is 10.4. The predicted molar refractivity (Wildman–Crippen MR) is 58.4 cm³/mol. The number of rotatable bonds is 3. The van der Waals surface area contributed by atoms with Crippen LogP contribution in [0.25, 0.3) is 0 Å². The van der Waals surface area contributed by atoms with Crippen LogP contribution in [0.15, 0.2) is 0 Å². The van der Waals surface area contributed by atoms with E-state index in [4.69, 9.17) is 4.74 Å². The van der Waals surface area contributed by atoms with Crippen LogP contribution in [-0.4, -0.2) is 25.3 Å². The van der Waals surface area contributed by atoms with E-state index in [1.54, 1.807) is 0 Å². The molecule has 0 bridgehead atoms. The number of ether oxygens (including phenoxy) is 1. The van der Waals surface area contributed by atoms with E-state index in [0.29, 0.717) is 12.1 Å². The van der Waals surface area contributed by atoms with Gasteiger partial charge in [0.05, 0.1) is 6.10 Å². The number of methoxy groups -OCH3 is 1. The molecule has 2 heteroatoms. The van der Waals surface area contributed by atoms with Crippen LogP contribution in [0.1, 0.15) is 45.4 Å². The smallest absolute Gasteiger partial charge is 0.0724 e. The fraction of sp³-hybridized carbons (Fsp3) is 1.00. The molecule has 2 rings (SSSR count). The van der Waals surface area contributed by atoms with Gasteiger partial charge in [0.2, 0.25) is 0 Å². The Balaban J connectivity index is 1.79. The normalized spacial score (nSPS) is 43.3. The second-order valence-electron chi connectivity index (χ2n) is 5.09. The predicted octanol–water partition coefficient (Wildman–Crippen LogP) is 2.33. The number of hydrogen-bond acceptors (Lipinski definition) is 2. The fourth-order valence-corrected chi connectivity index (χ4v) is 3.06. The molecule has 0 aromatic rings. The highest BCUT2D eigenvalue weighted by Crippen LogP contribution is 2.28. The maximum Gasteiger partial charge on any atom is 0.0724 e. The summed E-state index contributed by atoms with van der Waals surface area (Å²) in [7, 11) is 1.85. The molecule has 0 amide bonds. The summed E-state index contributed by atoms with van der Waals surface area (Å²) in [5.74, 6) is 0.926. The van der Waals surface area contributed by atoms with Gasteiger partial charge in [0.1, 0.15) is 0 Å². The number of hydrogen-bond donors (Lipinski definition) is 1. The van der Waals surface area contributed by atoms with Crippen molar-refractivity contribution in [2.45, 2.75) is 63.6 Å². The largest absolute Gasteiger partial charge is 0.380 e. The molecule has 2 aliphatic carbocycles. The summed E-state index contributed by atoms with van der Waals surface area (Å²) >= 11 is 0. The summed E-state index contributed by atoms with van der Waals surface area (Å²) in [6.45, 7) is 2.37. The van der Waals surface area contributed by atoms with Crippen molar-refractivity contribution in [3.63, 3.8) is 0 Å². The molecule has 0 aromatic carbocycles. The molecule has 0 saturated heterocycles. The second-order valence-corrected chi connectivity index (χ2v) is 5.09. The van der Waals surface area contributed by atoms with Crippen molar-refractivity contribution in [3.8, 4) is 0 Å². The highest BCUT2D eigenvalue weighted by atomic mass is 16.5. The van der Waals surface area contributed by atoms with Gasteiger partial charge in [-0.05, 0) is 44.4 Å². The molecule has 82 valence electrons. The molecule has 14 heavy (non-hydrogen) atoms. The first-order valence-corrected chi connectivity index (χ1v) is 6.08. The van der Waals surface area contributed by atoms with E-state index < -0.39 is 0 Å². The minimum atomic E-state index is 0.478. The SMILES string of the molecule is CO[C@H]1CCC[C@@H]1NC1CCC(C)C1. The molecule has 4 atom stereocenters. The van der Waals surface area contributed by atoms with Gasteiger partial charge in [-0.2, -0.15) is 0 Å². The van der Waals surface area contributed by atoms with Crippen LogP contribution in [0.5, 0.6) is 0 Å². The lowest BCUT2D eigenvalue weighted by atomic mass is 10.1. The Morgan fingerprint density at radius 3 is 2.64 bits per heavy atom. The zero-order valence-electron chi connectivity index (χ0n) is 9.46. The molecule has 2 aliphatic rings. The summed E-state index contributed by atoms with van der Waals surface area (Å²) in [6, 6.07) is 1.40. The Kier molecular flexibility index (Phi) is 3.45. The zero-order valence-corrected chi connectivity index (χ0v) is 9.46. The van der Waals surface area contributed by atoms with Crippen LogP contribution in [-0.2, 0) is 4.74 Å². The quantitative estimate of drug-likeness (QED) is 0.750. The minimum Gasteiger partial charge on any atom is -0.380 e. The van der Waals surface area contributed by atoms with E-state index in [2.05, 4.69) is 12.2 Å². The average Bonchev–Trinajstić information content (AvgIpc) is 2.76. The van der Waals surface area contributed by atoms with Gasteiger partial charge in [0.15, 0.2) is 0 Å². The Morgan fingerprint density at radius 1 is 1.14 bits per heavy atom. The van der Waals surface area contributed by atoms with E-state index in [1.807, 2.05) is 7.11 Å². The lowest BCUT2D eigenvalue weighted by Crippen LogP contribution is -2.42. The molecule has 0 heterocycles. The third kappa shape index (κ3) is 2.29. The van der Waals surface area contributed by atoms with Crippen molar-refractivity contribution in [1.29, 1.82) is 0 Å². The molecule has 2 fully saturated rings. The highest BCUT2D eigenvalue weighted by Gasteiger charge is 2.30. The third-order valence-electron chi connectivity index (χ3n) is 3.90. The van der Waals surface area contributed by atoms with Crippen LogP contribution >= 0.6 is 0 Å². The maximum absolute atomic E-state index is 5.50. The molecule has 0 spiro atoms. The van der Waals surface area contributed by atoms with Crippen LogP contribution in [0, 0.1) is 5.92 Å². The van der Waals surface area contributed by atoms with E-state index >= 15 is 0 Å². The van der Waals surface area contributed by atoms with Crippen LogP contribution in [0.3, 0.4) is 0 Å². The van der Waals surface area contributed by atoms with Gasteiger partial charge >= 0.3 is 0 Å². The summed E-state index contributed by atoms with van der Waals surface area (Å²) in [4.78, 5) is 0. The average molecular weight is 197 g/mol. The Bertz CT molecular complexity index is 183. The van der Waals surface area contributed by atoms with Gasteiger partial charge in [-0.15, -0.1) is 0 Å². The topological polar surface area (TPSA) is 21.3 Å². The number of nitrogens with one attached hydrogen (secondary N) is 1. The molecule has 2 saturated carbocycles. The Labute approximate surface area is 87.4 Å². The van der Waals surface area contributed by atoms with Gasteiger partial charge in [-0.25, -0.2) is 0 Å². The van der Waals surface area contributed by atoms with Gasteiger partial charge < -0.3 is 10.1 Å². The van der Waals surface area contributed by atoms with Crippen LogP contribution in [0.4, 0.5) is 0 Å². The van der Waals surface area contributed by atoms with Gasteiger partial charge in [0, 0.05) is 19.2 Å². The molecule has 2 unspecified atom stereocenters. The lowest BCUT2D eigenvalue weighted by Gasteiger charge is -2.23. The Hall–Kier alpha value is -0.0800. The van der Waals surface area contributed by atoms with E-state index in [9.17, 15) is 0 Å². The van der Waals surface area contributed by atoms with Crippen molar-refractivity contribution in [2.24, 2.45) is 5.92 Å². The molecule has 0 aromatic heterocycles. The van der Waals surface area contributed by atoms with E-state index in [1.165, 1.54) is 38.5 Å². The first-order valence-electron chi connectivity index (χ1n) is 6.08. The summed E-state index contributed by atoms with van der Waals surface area (Å²) in [5, 5.41) is 3.78. The van der Waals surface area contributed by atoms with Crippen molar-refractivity contribution < 1.29 is 4.74 Å². The zero-order chi connectivity index (χ0) is 9.97. The monoisotopic (exact) mass is 197 g/mol. The molecular weight excluding hydrogens is 174 g/mol. The van der Waals surface area contributed by atoms with Crippen molar-refractivity contribution in [1.82, 2.24) is 5.32 Å². The Morgan fingerprint density at radius 2 is 2.00 bits per heavy atom. The molecular formula is C12H23NO. The van der Waals surface area contributed by atoms with Crippen LogP contribution in [0.2, 0.25) is 0 Å². The standard InChI is InChI=1S/C12H23NO/c1-9-6-7-10(8-9)13-11-4-3-5-12(11)14-2/h9-13H,3-8H2,1-2H3/t9?,10?,11-,12-/m0/s1. The van der Waals surface area contributed by atoms with E-state index in [0.717, 1.165) is 12.0 Å². The summed E-state index contributed by atoms with van der Waals surface area (Å²) in [6.07, 6.45) is 8.51. The molecule has 0 aliphatic heterocycles. The second kappa shape index (κ2) is 4.63. The van der Waals surface area contributed by atoms with Gasteiger partial charge in [-0.1, -0.05) is 6.92 Å². The first-order chi connectivity index (χ1) is 6.79. The van der Waals surface area contributed by atoms with Crippen molar-refractivity contribution in [3.05, 3.63) is 0 Å². The third-order valence-corrected chi connectivity index (χ3v) is 3.90. The minimum absolute atomic E-state index is 0.478.